The maximum Gasteiger partial charge on any atom is 0.324 e. The third kappa shape index (κ3) is 4.53. The van der Waals surface area contributed by atoms with E-state index in [1.165, 1.54) is 43.3 Å². The molecule has 0 heterocycles. The molecule has 0 aliphatic heterocycles. The molecule has 0 radical (unpaired) electrons. The zero-order valence-corrected chi connectivity index (χ0v) is 15.6. The fourth-order valence-corrected chi connectivity index (χ4v) is 3.80. The van der Waals surface area contributed by atoms with Crippen LogP contribution in [0.1, 0.15) is 12.5 Å². The molecule has 26 heavy (non-hydrogen) atoms. The number of anilines is 2. The number of amides is 1. The van der Waals surface area contributed by atoms with Gasteiger partial charge in [0.1, 0.15) is 6.54 Å². The normalized spacial score (nSPS) is 11.0. The van der Waals surface area contributed by atoms with Crippen molar-refractivity contribution in [1.82, 2.24) is 0 Å². The van der Waals surface area contributed by atoms with E-state index in [0.29, 0.717) is 10.7 Å². The number of sulfonamides is 1. The van der Waals surface area contributed by atoms with E-state index in [-0.39, 0.29) is 16.5 Å². The second-order valence-corrected chi connectivity index (χ2v) is 7.81. The van der Waals surface area contributed by atoms with Crippen LogP contribution in [-0.2, 0) is 19.6 Å². The van der Waals surface area contributed by atoms with Crippen LogP contribution in [-0.4, -0.2) is 31.9 Å². The minimum absolute atomic E-state index is 0.107. The average Bonchev–Trinajstić information content (AvgIpc) is 2.55. The number of carbonyl (C=O) groups excluding carboxylic acids is 1. The summed E-state index contributed by atoms with van der Waals surface area (Å²) in [5.74, 6) is -1.59. The molecule has 0 aliphatic rings. The highest BCUT2D eigenvalue weighted by molar-refractivity contribution is 7.92. The zero-order valence-electron chi connectivity index (χ0n) is 14.1. The van der Waals surface area contributed by atoms with Gasteiger partial charge in [0.15, 0.2) is 0 Å². The van der Waals surface area contributed by atoms with Crippen molar-refractivity contribution >= 4 is 44.9 Å². The molecule has 9 heteroatoms. The van der Waals surface area contributed by atoms with Gasteiger partial charge in [0, 0.05) is 17.6 Å². The van der Waals surface area contributed by atoms with E-state index in [1.807, 2.05) is 0 Å². The zero-order chi connectivity index (χ0) is 19.5. The smallest absolute Gasteiger partial charge is 0.324 e. The predicted octanol–water partition coefficient (Wildman–Crippen LogP) is 2.89. The largest absolute Gasteiger partial charge is 0.480 e. The first-order chi connectivity index (χ1) is 12.1. The van der Waals surface area contributed by atoms with Crippen LogP contribution in [0.25, 0.3) is 0 Å². The Hall–Kier alpha value is -2.58. The summed E-state index contributed by atoms with van der Waals surface area (Å²) in [5, 5.41) is 12.0. The Morgan fingerprint density at radius 2 is 1.77 bits per heavy atom. The van der Waals surface area contributed by atoms with E-state index < -0.39 is 22.5 Å². The topological polar surface area (TPSA) is 104 Å². The maximum atomic E-state index is 12.9. The van der Waals surface area contributed by atoms with Crippen LogP contribution in [0, 0.1) is 6.92 Å². The number of halogens is 1. The van der Waals surface area contributed by atoms with Gasteiger partial charge >= 0.3 is 5.97 Å². The second kappa shape index (κ2) is 7.76. The van der Waals surface area contributed by atoms with Gasteiger partial charge in [0.2, 0.25) is 5.91 Å². The molecular weight excluding hydrogens is 380 g/mol. The lowest BCUT2D eigenvalue weighted by atomic mass is 10.2. The lowest BCUT2D eigenvalue weighted by molar-refractivity contribution is -0.135. The van der Waals surface area contributed by atoms with Gasteiger partial charge in [-0.15, -0.1) is 0 Å². The quantitative estimate of drug-likeness (QED) is 0.781. The number of carboxylic acid groups (broad SMARTS) is 1. The van der Waals surface area contributed by atoms with Crippen LogP contribution in [0.4, 0.5) is 11.4 Å². The Morgan fingerprint density at radius 1 is 1.15 bits per heavy atom. The van der Waals surface area contributed by atoms with E-state index in [4.69, 9.17) is 16.7 Å². The summed E-state index contributed by atoms with van der Waals surface area (Å²) in [6.45, 7) is 2.33. The van der Waals surface area contributed by atoms with Gasteiger partial charge < -0.3 is 10.4 Å². The van der Waals surface area contributed by atoms with E-state index in [0.717, 1.165) is 9.87 Å². The molecule has 2 N–H and O–H groups in total. The van der Waals surface area contributed by atoms with Crippen molar-refractivity contribution in [3.63, 3.8) is 0 Å². The van der Waals surface area contributed by atoms with Crippen molar-refractivity contribution in [1.29, 1.82) is 0 Å². The van der Waals surface area contributed by atoms with E-state index in [9.17, 15) is 18.0 Å². The molecule has 1 amide bonds. The first-order valence-corrected chi connectivity index (χ1v) is 9.31. The van der Waals surface area contributed by atoms with Gasteiger partial charge in [-0.25, -0.2) is 8.42 Å². The van der Waals surface area contributed by atoms with Crippen LogP contribution in [0.2, 0.25) is 5.02 Å². The number of carbonyl (C=O) groups is 2. The number of hydrogen-bond acceptors (Lipinski definition) is 4. The lowest BCUT2D eigenvalue weighted by Gasteiger charge is -2.23. The maximum absolute atomic E-state index is 12.9. The van der Waals surface area contributed by atoms with Crippen LogP contribution < -0.4 is 9.62 Å². The van der Waals surface area contributed by atoms with Crippen LogP contribution in [0.15, 0.2) is 47.4 Å². The van der Waals surface area contributed by atoms with Crippen molar-refractivity contribution < 1.29 is 23.1 Å². The summed E-state index contributed by atoms with van der Waals surface area (Å²) in [5.41, 5.74) is 1.32. The molecule has 7 nitrogen and oxygen atoms in total. The van der Waals surface area contributed by atoms with Crippen LogP contribution in [0.3, 0.4) is 0 Å². The summed E-state index contributed by atoms with van der Waals surface area (Å²) in [7, 11) is -4.14. The fraction of sp³-hybridized carbons (Fsp3) is 0.176. The third-order valence-corrected chi connectivity index (χ3v) is 5.68. The van der Waals surface area contributed by atoms with Gasteiger partial charge in [-0.2, -0.15) is 0 Å². The van der Waals surface area contributed by atoms with E-state index in [1.54, 1.807) is 13.0 Å². The minimum Gasteiger partial charge on any atom is -0.480 e. The number of benzene rings is 2. The number of hydrogen-bond donors (Lipinski definition) is 2. The Morgan fingerprint density at radius 3 is 2.27 bits per heavy atom. The number of carboxylic acids is 1. The third-order valence-electron chi connectivity index (χ3n) is 3.48. The Bertz CT molecular complexity index is 942. The molecule has 2 aromatic carbocycles. The van der Waals surface area contributed by atoms with Crippen molar-refractivity contribution in [2.75, 3.05) is 16.2 Å². The van der Waals surface area contributed by atoms with E-state index in [2.05, 4.69) is 5.32 Å². The molecule has 0 fully saturated rings. The summed E-state index contributed by atoms with van der Waals surface area (Å²) >= 11 is 6.05. The molecular formula is C17H17ClN2O5S. The molecule has 0 saturated carbocycles. The SMILES string of the molecule is CC(=O)Nc1ccc(S(=O)(=O)N(CC(=O)O)c2ccc(C)c(Cl)c2)cc1. The molecule has 2 rings (SSSR count). The fourth-order valence-electron chi connectivity index (χ4n) is 2.22. The Balaban J connectivity index is 2.46. The Labute approximate surface area is 156 Å². The number of aryl methyl sites for hydroxylation is 1. The standard InChI is InChI=1S/C17H17ClN2O5S/c1-11-3-6-14(9-16(11)18)20(10-17(22)23)26(24,25)15-7-4-13(5-8-15)19-12(2)21/h3-9H,10H2,1-2H3,(H,19,21)(H,22,23). The molecule has 138 valence electrons. The van der Waals surface area contributed by atoms with Gasteiger partial charge in [-0.05, 0) is 48.9 Å². The summed E-state index contributed by atoms with van der Waals surface area (Å²) in [6.07, 6.45) is 0. The summed E-state index contributed by atoms with van der Waals surface area (Å²) in [6, 6.07) is 9.96. The summed E-state index contributed by atoms with van der Waals surface area (Å²) in [4.78, 5) is 22.1. The second-order valence-electron chi connectivity index (χ2n) is 5.54. The van der Waals surface area contributed by atoms with Gasteiger partial charge in [-0.1, -0.05) is 17.7 Å². The lowest BCUT2D eigenvalue weighted by Crippen LogP contribution is -2.35. The van der Waals surface area contributed by atoms with Crippen LogP contribution >= 0.6 is 11.6 Å². The minimum atomic E-state index is -4.14. The van der Waals surface area contributed by atoms with Crippen molar-refractivity contribution in [2.24, 2.45) is 0 Å². The van der Waals surface area contributed by atoms with Crippen molar-refractivity contribution in [3.05, 3.63) is 53.1 Å². The first kappa shape index (κ1) is 19.7. The van der Waals surface area contributed by atoms with Gasteiger partial charge in [0.05, 0.1) is 10.6 Å². The molecule has 0 bridgehead atoms. The average molecular weight is 397 g/mol. The first-order valence-electron chi connectivity index (χ1n) is 7.49. The van der Waals surface area contributed by atoms with Gasteiger partial charge in [0.25, 0.3) is 10.0 Å². The molecule has 0 saturated heterocycles. The highest BCUT2D eigenvalue weighted by Crippen LogP contribution is 2.28. The number of rotatable bonds is 6. The molecule has 2 aromatic rings. The number of nitrogens with one attached hydrogen (secondary N) is 1. The molecule has 0 spiro atoms. The predicted molar refractivity (Wildman–Crippen MR) is 99.1 cm³/mol. The monoisotopic (exact) mass is 396 g/mol. The molecule has 0 aromatic heterocycles. The van der Waals surface area contributed by atoms with Crippen molar-refractivity contribution in [2.45, 2.75) is 18.7 Å². The van der Waals surface area contributed by atoms with Crippen LogP contribution in [0.5, 0.6) is 0 Å². The van der Waals surface area contributed by atoms with E-state index >= 15 is 0 Å². The number of nitrogens with zero attached hydrogens (tertiary/aromatic N) is 1. The molecule has 0 aliphatic carbocycles. The number of aliphatic carboxylic acids is 1. The van der Waals surface area contributed by atoms with Gasteiger partial charge in [-0.3, -0.25) is 13.9 Å². The molecule has 0 atom stereocenters. The molecule has 0 unspecified atom stereocenters. The highest BCUT2D eigenvalue weighted by atomic mass is 35.5. The summed E-state index contributed by atoms with van der Waals surface area (Å²) < 4.78 is 26.6. The van der Waals surface area contributed by atoms with Crippen molar-refractivity contribution in [3.8, 4) is 0 Å². The highest BCUT2D eigenvalue weighted by Gasteiger charge is 2.27. The Kier molecular flexibility index (Phi) is 5.89.